The Labute approximate surface area is 163 Å². The van der Waals surface area contributed by atoms with E-state index >= 15 is 0 Å². The maximum atomic E-state index is 12.7. The van der Waals surface area contributed by atoms with Crippen LogP contribution in [0.25, 0.3) is 0 Å². The summed E-state index contributed by atoms with van der Waals surface area (Å²) >= 11 is 0. The van der Waals surface area contributed by atoms with E-state index in [-0.39, 0.29) is 17.9 Å². The molecular formula is C20H21BN2O5. The van der Waals surface area contributed by atoms with Crippen molar-refractivity contribution in [3.8, 4) is 5.75 Å². The number of carbonyl (C=O) groups is 2. The lowest BCUT2D eigenvalue weighted by Crippen LogP contribution is -2.36. The second-order valence-electron chi connectivity index (χ2n) is 6.80. The molecule has 1 atom stereocenters. The Hall–Kier alpha value is -2.97. The summed E-state index contributed by atoms with van der Waals surface area (Å²) < 4.78 is 5.55. The molecule has 2 aromatic carbocycles. The number of hydrogen-bond acceptors (Lipinski definition) is 7. The maximum Gasteiger partial charge on any atom is 0.526 e. The van der Waals surface area contributed by atoms with Gasteiger partial charge in [-0.1, -0.05) is 41.6 Å². The molecule has 0 radical (unpaired) electrons. The van der Waals surface area contributed by atoms with Gasteiger partial charge in [0, 0.05) is 24.3 Å². The molecule has 0 saturated heterocycles. The second-order valence-corrected chi connectivity index (χ2v) is 6.80. The molecule has 8 heteroatoms. The molecule has 7 nitrogen and oxygen atoms in total. The minimum atomic E-state index is -1.24. The van der Waals surface area contributed by atoms with E-state index in [0.29, 0.717) is 29.8 Å². The molecule has 28 heavy (non-hydrogen) atoms. The van der Waals surface area contributed by atoms with E-state index in [1.807, 2.05) is 0 Å². The summed E-state index contributed by atoms with van der Waals surface area (Å²) in [7, 11) is -1.24. The summed E-state index contributed by atoms with van der Waals surface area (Å²) in [6.07, 6.45) is 0.303. The highest BCUT2D eigenvalue weighted by Crippen LogP contribution is 2.36. The normalized spacial score (nSPS) is 16.3. The number of Topliss-reactive ketones (excluding diaryl/α,β-unsaturated/α-hetero) is 2. The summed E-state index contributed by atoms with van der Waals surface area (Å²) in [4.78, 5) is 24.4. The number of nitrogens with two attached hydrogens (primary N) is 1. The number of para-hydroxylation sites is 1. The molecule has 0 spiro atoms. The molecule has 4 N–H and O–H groups in total. The van der Waals surface area contributed by atoms with Crippen LogP contribution in [-0.4, -0.2) is 34.6 Å². The number of nitrogens with zero attached hydrogens (tertiary/aromatic N) is 1. The minimum absolute atomic E-state index is 0.0665. The Kier molecular flexibility index (Phi) is 5.91. The Balaban J connectivity index is 1.78. The number of oxime groups is 1. The Bertz CT molecular complexity index is 927. The van der Waals surface area contributed by atoms with E-state index in [0.717, 1.165) is 11.1 Å². The third-order valence-electron chi connectivity index (χ3n) is 4.87. The zero-order valence-corrected chi connectivity index (χ0v) is 15.5. The molecule has 1 aliphatic rings. The van der Waals surface area contributed by atoms with Crippen molar-refractivity contribution in [3.05, 3.63) is 64.7 Å². The van der Waals surface area contributed by atoms with E-state index < -0.39 is 18.7 Å². The number of fused-ring (bicyclic) bond motifs is 1. The van der Waals surface area contributed by atoms with Gasteiger partial charge in [-0.15, -0.1) is 0 Å². The average molecular weight is 380 g/mol. The van der Waals surface area contributed by atoms with E-state index in [1.54, 1.807) is 42.5 Å². The lowest BCUT2D eigenvalue weighted by Gasteiger charge is -2.28. The van der Waals surface area contributed by atoms with Gasteiger partial charge < -0.3 is 20.6 Å². The van der Waals surface area contributed by atoms with Crippen LogP contribution in [0.5, 0.6) is 5.75 Å². The van der Waals surface area contributed by atoms with Crippen molar-refractivity contribution in [2.45, 2.75) is 32.1 Å². The topological polar surface area (TPSA) is 122 Å². The standard InChI is InChI=1S/C20H21BN2O5/c1-12(24)17-4-2-3-15-9-16(21(26)28-20(15)17)10-18(25)19(23-27)14-7-5-13(11-22)6-8-14/h2-8,16,26-27H,9-11,22H2,1H3/b23-19-/t16-/m1/s1. The van der Waals surface area contributed by atoms with Crippen LogP contribution in [0.2, 0.25) is 5.82 Å². The van der Waals surface area contributed by atoms with E-state index in [4.69, 9.17) is 10.4 Å². The third kappa shape index (κ3) is 3.98. The highest BCUT2D eigenvalue weighted by Gasteiger charge is 2.38. The summed E-state index contributed by atoms with van der Waals surface area (Å²) in [6.45, 7) is 1.80. The van der Waals surface area contributed by atoms with Crippen molar-refractivity contribution in [3.63, 3.8) is 0 Å². The molecule has 1 aliphatic heterocycles. The smallest absolute Gasteiger partial charge is 0.526 e. The van der Waals surface area contributed by atoms with Gasteiger partial charge in [0.05, 0.1) is 5.56 Å². The van der Waals surface area contributed by atoms with Crippen molar-refractivity contribution in [1.29, 1.82) is 0 Å². The Morgan fingerprint density at radius 2 is 1.96 bits per heavy atom. The summed E-state index contributed by atoms with van der Waals surface area (Å²) in [6, 6.07) is 12.0. The maximum absolute atomic E-state index is 12.7. The van der Waals surface area contributed by atoms with Crippen molar-refractivity contribution >= 4 is 24.4 Å². The number of carbonyl (C=O) groups excluding carboxylic acids is 2. The van der Waals surface area contributed by atoms with Crippen LogP contribution >= 0.6 is 0 Å². The quantitative estimate of drug-likeness (QED) is 0.232. The van der Waals surface area contributed by atoms with Crippen LogP contribution in [0, 0.1) is 0 Å². The fourth-order valence-corrected chi connectivity index (χ4v) is 3.34. The third-order valence-corrected chi connectivity index (χ3v) is 4.87. The molecule has 0 unspecified atom stereocenters. The summed E-state index contributed by atoms with van der Waals surface area (Å²) in [5, 5.41) is 22.9. The first-order valence-electron chi connectivity index (χ1n) is 8.96. The largest absolute Gasteiger partial charge is 0.535 e. The highest BCUT2D eigenvalue weighted by molar-refractivity contribution is 6.51. The zero-order chi connectivity index (χ0) is 20.3. The zero-order valence-electron chi connectivity index (χ0n) is 15.5. The van der Waals surface area contributed by atoms with Gasteiger partial charge in [-0.25, -0.2) is 0 Å². The molecule has 2 aromatic rings. The lowest BCUT2D eigenvalue weighted by atomic mass is 9.64. The van der Waals surface area contributed by atoms with Gasteiger partial charge >= 0.3 is 7.12 Å². The SMILES string of the molecule is CC(=O)c1cccc2c1OB(O)[C@@H](CC(=O)/C(=N\O)c1ccc(CN)cc1)C2. The highest BCUT2D eigenvalue weighted by atomic mass is 16.5. The van der Waals surface area contributed by atoms with Crippen molar-refractivity contribution in [1.82, 2.24) is 0 Å². The van der Waals surface area contributed by atoms with E-state index in [9.17, 15) is 19.8 Å². The van der Waals surface area contributed by atoms with Crippen LogP contribution in [0.15, 0.2) is 47.6 Å². The van der Waals surface area contributed by atoms with Gasteiger partial charge in [0.15, 0.2) is 17.3 Å². The van der Waals surface area contributed by atoms with Crippen LogP contribution in [0.4, 0.5) is 0 Å². The van der Waals surface area contributed by atoms with Crippen LogP contribution < -0.4 is 10.4 Å². The van der Waals surface area contributed by atoms with Gasteiger partial charge in [-0.05, 0) is 30.5 Å². The van der Waals surface area contributed by atoms with Crippen molar-refractivity contribution in [2.75, 3.05) is 0 Å². The number of benzene rings is 2. The molecular weight excluding hydrogens is 359 g/mol. The molecule has 0 saturated carbocycles. The average Bonchev–Trinajstić information content (AvgIpc) is 2.69. The lowest BCUT2D eigenvalue weighted by molar-refractivity contribution is -0.113. The first kappa shape index (κ1) is 19.8. The number of hydrogen-bond donors (Lipinski definition) is 3. The van der Waals surface area contributed by atoms with Gasteiger partial charge in [-0.3, -0.25) is 9.59 Å². The first-order valence-corrected chi connectivity index (χ1v) is 8.96. The van der Waals surface area contributed by atoms with E-state index in [1.165, 1.54) is 6.92 Å². The fourth-order valence-electron chi connectivity index (χ4n) is 3.34. The second kappa shape index (κ2) is 8.37. The predicted molar refractivity (Wildman–Crippen MR) is 105 cm³/mol. The van der Waals surface area contributed by atoms with Crippen LogP contribution in [-0.2, 0) is 17.8 Å². The van der Waals surface area contributed by atoms with E-state index in [2.05, 4.69) is 5.16 Å². The minimum Gasteiger partial charge on any atom is -0.535 e. The van der Waals surface area contributed by atoms with Crippen molar-refractivity contribution < 1.29 is 24.5 Å². The molecule has 0 fully saturated rings. The van der Waals surface area contributed by atoms with Crippen LogP contribution in [0.1, 0.15) is 40.4 Å². The molecule has 1 heterocycles. The molecule has 0 aliphatic carbocycles. The fraction of sp³-hybridized carbons (Fsp3) is 0.250. The Morgan fingerprint density at radius 1 is 1.25 bits per heavy atom. The summed E-state index contributed by atoms with van der Waals surface area (Å²) in [5.74, 6) is -0.738. The first-order chi connectivity index (χ1) is 13.4. The molecule has 0 aromatic heterocycles. The number of ketones is 2. The monoisotopic (exact) mass is 380 g/mol. The van der Waals surface area contributed by atoms with Gasteiger partial charge in [0.25, 0.3) is 0 Å². The molecule has 144 valence electrons. The Morgan fingerprint density at radius 3 is 2.57 bits per heavy atom. The van der Waals surface area contributed by atoms with Gasteiger partial charge in [0.2, 0.25) is 0 Å². The van der Waals surface area contributed by atoms with Crippen molar-refractivity contribution in [2.24, 2.45) is 10.9 Å². The predicted octanol–water partition coefficient (Wildman–Crippen LogP) is 1.97. The molecule has 3 rings (SSSR count). The van der Waals surface area contributed by atoms with Gasteiger partial charge in [-0.2, -0.15) is 0 Å². The molecule has 0 bridgehead atoms. The van der Waals surface area contributed by atoms with Crippen LogP contribution in [0.3, 0.4) is 0 Å². The molecule has 0 amide bonds. The summed E-state index contributed by atoms with van der Waals surface area (Å²) in [5.41, 5.74) is 8.00. The number of rotatable bonds is 6. The van der Waals surface area contributed by atoms with Gasteiger partial charge in [0.1, 0.15) is 5.75 Å².